The highest BCUT2D eigenvalue weighted by atomic mass is 31.2. The predicted molar refractivity (Wildman–Crippen MR) is 181 cm³/mol. The van der Waals surface area contributed by atoms with E-state index < -0.39 is 33.2 Å². The van der Waals surface area contributed by atoms with Crippen molar-refractivity contribution in [2.45, 2.75) is 180 Å². The molecule has 46 heavy (non-hydrogen) atoms. The lowest BCUT2D eigenvalue weighted by Gasteiger charge is -2.15. The Morgan fingerprint density at radius 2 is 0.935 bits per heavy atom. The van der Waals surface area contributed by atoms with E-state index in [2.05, 4.69) is 18.4 Å². The number of unbranched alkanes of at least 4 members (excludes halogenated alkanes) is 20. The van der Waals surface area contributed by atoms with E-state index in [1.807, 2.05) is 0 Å². The highest BCUT2D eigenvalue weighted by Crippen LogP contribution is 2.35. The molecule has 0 aromatic carbocycles. The molecule has 0 bridgehead atoms. The van der Waals surface area contributed by atoms with Crippen LogP contribution in [0.3, 0.4) is 0 Å². The Labute approximate surface area is 279 Å². The Morgan fingerprint density at radius 1 is 0.565 bits per heavy atom. The van der Waals surface area contributed by atoms with Crippen LogP contribution in [0.25, 0.3) is 0 Å². The van der Waals surface area contributed by atoms with Gasteiger partial charge in [0.2, 0.25) is 0 Å². The molecule has 0 aliphatic carbocycles. The van der Waals surface area contributed by atoms with Crippen LogP contribution in [0.5, 0.6) is 0 Å². The SMILES string of the molecule is CCCCCCCCCCCCCC(=O)OCC(CO)OC(=O)CCCCCCCCCCCCC.O=P(O)(O)OCC(O)CO. The lowest BCUT2D eigenvalue weighted by Crippen LogP contribution is -2.28. The van der Waals surface area contributed by atoms with Gasteiger partial charge in [-0.2, -0.15) is 0 Å². The van der Waals surface area contributed by atoms with Crippen molar-refractivity contribution in [3.63, 3.8) is 0 Å². The monoisotopic (exact) mass is 684 g/mol. The quantitative estimate of drug-likeness (QED) is 0.0273. The molecule has 0 heterocycles. The number of rotatable bonds is 32. The molecule has 5 N–H and O–H groups in total. The standard InChI is InChI=1S/C31H60O5.C3H9O6P/c1-3-5-7-9-11-13-15-17-19-21-23-25-30(33)35-28-29(27-32)36-31(34)26-24-22-20-18-16-14-12-10-8-6-4-2;4-1-3(5)2-9-10(6,7)8/h29,32H,3-28H2,1-2H3;3-5H,1-2H2,(H2,6,7,8). The third-order valence-corrected chi connectivity index (χ3v) is 8.03. The minimum Gasteiger partial charge on any atom is -0.462 e. The summed E-state index contributed by atoms with van der Waals surface area (Å²) in [6.07, 6.45) is 26.0. The van der Waals surface area contributed by atoms with E-state index in [0.29, 0.717) is 12.8 Å². The Hall–Kier alpha value is -1.07. The zero-order valence-corrected chi connectivity index (χ0v) is 30.0. The molecule has 0 amide bonds. The Kier molecular flexibility index (Phi) is 36.0. The fourth-order valence-electron chi connectivity index (χ4n) is 4.73. The van der Waals surface area contributed by atoms with Gasteiger partial charge in [0.1, 0.15) is 12.7 Å². The molecule has 2 atom stereocenters. The molecule has 12 heteroatoms. The lowest BCUT2D eigenvalue weighted by atomic mass is 10.1. The summed E-state index contributed by atoms with van der Waals surface area (Å²) >= 11 is 0. The van der Waals surface area contributed by atoms with Crippen LogP contribution >= 0.6 is 7.82 Å². The molecule has 276 valence electrons. The largest absolute Gasteiger partial charge is 0.469 e. The maximum absolute atomic E-state index is 12.0. The summed E-state index contributed by atoms with van der Waals surface area (Å²) < 4.78 is 24.3. The smallest absolute Gasteiger partial charge is 0.462 e. The van der Waals surface area contributed by atoms with Crippen molar-refractivity contribution < 1.29 is 53.3 Å². The highest BCUT2D eigenvalue weighted by molar-refractivity contribution is 7.46. The Morgan fingerprint density at radius 3 is 1.28 bits per heavy atom. The first-order valence-corrected chi connectivity index (χ1v) is 19.6. The van der Waals surface area contributed by atoms with Gasteiger partial charge in [-0.3, -0.25) is 14.1 Å². The Bertz CT molecular complexity index is 717. The minimum absolute atomic E-state index is 0.0582. The van der Waals surface area contributed by atoms with Crippen molar-refractivity contribution in [1.82, 2.24) is 0 Å². The number of phosphoric acid groups is 1. The van der Waals surface area contributed by atoms with Crippen LogP contribution in [0, 0.1) is 0 Å². The molecule has 0 saturated heterocycles. The van der Waals surface area contributed by atoms with E-state index in [1.54, 1.807) is 0 Å². The second-order valence-electron chi connectivity index (χ2n) is 12.2. The molecule has 11 nitrogen and oxygen atoms in total. The van der Waals surface area contributed by atoms with Gasteiger partial charge in [0.15, 0.2) is 6.10 Å². The van der Waals surface area contributed by atoms with E-state index in [9.17, 15) is 19.3 Å². The summed E-state index contributed by atoms with van der Waals surface area (Å²) in [5.41, 5.74) is 0. The van der Waals surface area contributed by atoms with E-state index in [1.165, 1.54) is 103 Å². The maximum Gasteiger partial charge on any atom is 0.469 e. The zero-order valence-electron chi connectivity index (χ0n) is 29.1. The van der Waals surface area contributed by atoms with Crippen molar-refractivity contribution in [3.05, 3.63) is 0 Å². The zero-order chi connectivity index (χ0) is 34.7. The van der Waals surface area contributed by atoms with E-state index in [-0.39, 0.29) is 25.2 Å². The number of esters is 2. The topological polar surface area (TPSA) is 180 Å². The van der Waals surface area contributed by atoms with Crippen molar-refractivity contribution >= 4 is 19.8 Å². The second kappa shape index (κ2) is 35.2. The summed E-state index contributed by atoms with van der Waals surface area (Å²) in [6, 6.07) is 0. The van der Waals surface area contributed by atoms with Crippen molar-refractivity contribution in [1.29, 1.82) is 0 Å². The van der Waals surface area contributed by atoms with Crippen LogP contribution in [0.1, 0.15) is 168 Å². The third kappa shape index (κ3) is 39.1. The fraction of sp³-hybridized carbons (Fsp3) is 0.941. The molecule has 0 saturated carbocycles. The Balaban J connectivity index is 0. The summed E-state index contributed by atoms with van der Waals surface area (Å²) in [5, 5.41) is 26.1. The minimum atomic E-state index is -4.50. The van der Waals surface area contributed by atoms with Crippen molar-refractivity contribution in [3.8, 4) is 0 Å². The van der Waals surface area contributed by atoms with Gasteiger partial charge >= 0.3 is 19.8 Å². The van der Waals surface area contributed by atoms with Gasteiger partial charge in [-0.15, -0.1) is 0 Å². The van der Waals surface area contributed by atoms with Gasteiger partial charge in [-0.25, -0.2) is 4.57 Å². The number of carbonyl (C=O) groups is 2. The first-order chi connectivity index (χ1) is 22.1. The van der Waals surface area contributed by atoms with Crippen LogP contribution in [-0.2, 0) is 28.2 Å². The van der Waals surface area contributed by atoms with Crippen LogP contribution in [-0.4, -0.2) is 75.7 Å². The number of hydrogen-bond acceptors (Lipinski definition) is 9. The number of carbonyl (C=O) groups excluding carboxylic acids is 2. The molecule has 0 aromatic rings. The van der Waals surface area contributed by atoms with Gasteiger partial charge in [-0.05, 0) is 12.8 Å². The van der Waals surface area contributed by atoms with Crippen LogP contribution < -0.4 is 0 Å². The van der Waals surface area contributed by atoms with Crippen LogP contribution in [0.2, 0.25) is 0 Å². The first-order valence-electron chi connectivity index (χ1n) is 18.0. The molecule has 0 radical (unpaired) electrons. The third-order valence-electron chi connectivity index (χ3n) is 7.55. The summed E-state index contributed by atoms with van der Waals surface area (Å²) in [5.74, 6) is -0.586. The van der Waals surface area contributed by atoms with E-state index in [0.717, 1.165) is 38.5 Å². The van der Waals surface area contributed by atoms with Gasteiger partial charge in [0, 0.05) is 12.8 Å². The van der Waals surface area contributed by atoms with Crippen molar-refractivity contribution in [2.75, 3.05) is 26.4 Å². The van der Waals surface area contributed by atoms with Crippen LogP contribution in [0.4, 0.5) is 0 Å². The average Bonchev–Trinajstić information content (AvgIpc) is 3.03. The van der Waals surface area contributed by atoms with Gasteiger partial charge in [0.05, 0.1) is 19.8 Å². The molecule has 2 unspecified atom stereocenters. The normalized spacial score (nSPS) is 12.7. The molecule has 0 aliphatic heterocycles. The van der Waals surface area contributed by atoms with Gasteiger partial charge < -0.3 is 34.6 Å². The van der Waals surface area contributed by atoms with E-state index in [4.69, 9.17) is 29.5 Å². The summed E-state index contributed by atoms with van der Waals surface area (Å²) in [6.45, 7) is 2.96. The van der Waals surface area contributed by atoms with Crippen molar-refractivity contribution in [2.24, 2.45) is 0 Å². The second-order valence-corrected chi connectivity index (χ2v) is 13.4. The molecular weight excluding hydrogens is 615 g/mol. The van der Waals surface area contributed by atoms with E-state index >= 15 is 0 Å². The number of aliphatic hydroxyl groups excluding tert-OH is 3. The fourth-order valence-corrected chi connectivity index (χ4v) is 5.10. The molecular formula is C34H69O11P. The number of ether oxygens (including phenoxy) is 2. The number of aliphatic hydroxyl groups is 3. The molecule has 0 fully saturated rings. The summed E-state index contributed by atoms with van der Waals surface area (Å²) in [4.78, 5) is 40.1. The number of hydrogen-bond donors (Lipinski definition) is 5. The first kappa shape index (κ1) is 47.0. The molecule has 0 rings (SSSR count). The summed E-state index contributed by atoms with van der Waals surface area (Å²) in [7, 11) is -4.50. The van der Waals surface area contributed by atoms with Crippen LogP contribution in [0.15, 0.2) is 0 Å². The van der Waals surface area contributed by atoms with Gasteiger partial charge in [-0.1, -0.05) is 142 Å². The maximum atomic E-state index is 12.0. The average molecular weight is 685 g/mol. The lowest BCUT2D eigenvalue weighted by molar-refractivity contribution is -0.161. The molecule has 0 aliphatic rings. The number of phosphoric ester groups is 1. The predicted octanol–water partition coefficient (Wildman–Crippen LogP) is 7.28. The highest BCUT2D eigenvalue weighted by Gasteiger charge is 2.17. The molecule has 0 spiro atoms. The molecule has 0 aromatic heterocycles. The van der Waals surface area contributed by atoms with Gasteiger partial charge in [0.25, 0.3) is 0 Å².